The summed E-state index contributed by atoms with van der Waals surface area (Å²) in [5.41, 5.74) is 5.90. The third-order valence-electron chi connectivity index (χ3n) is 4.07. The van der Waals surface area contributed by atoms with Crippen LogP contribution in [-0.4, -0.2) is 18.7 Å². The molecular formula is C19H21NO. The summed E-state index contributed by atoms with van der Waals surface area (Å²) in [4.78, 5) is 0. The van der Waals surface area contributed by atoms with Gasteiger partial charge in [0.2, 0.25) is 0 Å². The maximum atomic E-state index is 10.5. The smallest absolute Gasteiger partial charge is 0.0836 e. The molecule has 108 valence electrons. The van der Waals surface area contributed by atoms with Crippen molar-refractivity contribution in [1.29, 1.82) is 0 Å². The van der Waals surface area contributed by atoms with Gasteiger partial charge in [-0.1, -0.05) is 54.6 Å². The van der Waals surface area contributed by atoms with Crippen molar-refractivity contribution < 1.29 is 5.11 Å². The lowest BCUT2D eigenvalue weighted by Crippen LogP contribution is -2.06. The lowest BCUT2D eigenvalue weighted by atomic mass is 9.93. The SMILES string of the molecule is CNCCC=C1c2ccccc2C[C@@H](O)c2ccccc21. The largest absolute Gasteiger partial charge is 0.388 e. The summed E-state index contributed by atoms with van der Waals surface area (Å²) < 4.78 is 0. The van der Waals surface area contributed by atoms with Crippen LogP contribution in [0.4, 0.5) is 0 Å². The molecule has 21 heavy (non-hydrogen) atoms. The van der Waals surface area contributed by atoms with Crippen LogP contribution < -0.4 is 5.32 Å². The van der Waals surface area contributed by atoms with Gasteiger partial charge in [0, 0.05) is 6.42 Å². The summed E-state index contributed by atoms with van der Waals surface area (Å²) in [7, 11) is 1.97. The van der Waals surface area contributed by atoms with E-state index in [1.165, 1.54) is 16.7 Å². The Morgan fingerprint density at radius 2 is 1.81 bits per heavy atom. The van der Waals surface area contributed by atoms with E-state index in [1.807, 2.05) is 31.3 Å². The minimum Gasteiger partial charge on any atom is -0.388 e. The van der Waals surface area contributed by atoms with Crippen LogP contribution in [0, 0.1) is 0 Å². The van der Waals surface area contributed by atoms with Crippen molar-refractivity contribution in [3.05, 3.63) is 76.9 Å². The predicted molar refractivity (Wildman–Crippen MR) is 87.2 cm³/mol. The lowest BCUT2D eigenvalue weighted by Gasteiger charge is -2.13. The highest BCUT2D eigenvalue weighted by Crippen LogP contribution is 2.37. The van der Waals surface area contributed by atoms with Crippen LogP contribution in [0.3, 0.4) is 0 Å². The summed E-state index contributed by atoms with van der Waals surface area (Å²) in [6.07, 6.45) is 3.51. The highest BCUT2D eigenvalue weighted by Gasteiger charge is 2.22. The molecule has 0 spiro atoms. The van der Waals surface area contributed by atoms with Gasteiger partial charge in [-0.05, 0) is 47.8 Å². The second kappa shape index (κ2) is 6.25. The fourth-order valence-electron chi connectivity index (χ4n) is 3.04. The Labute approximate surface area is 126 Å². The number of hydrogen-bond donors (Lipinski definition) is 2. The van der Waals surface area contributed by atoms with E-state index in [-0.39, 0.29) is 0 Å². The number of fused-ring (bicyclic) bond motifs is 2. The van der Waals surface area contributed by atoms with Crippen molar-refractivity contribution in [3.8, 4) is 0 Å². The molecule has 0 bridgehead atoms. The summed E-state index contributed by atoms with van der Waals surface area (Å²) in [6.45, 7) is 0.955. The Morgan fingerprint density at radius 3 is 2.62 bits per heavy atom. The van der Waals surface area contributed by atoms with Crippen molar-refractivity contribution in [2.45, 2.75) is 18.9 Å². The Bertz CT molecular complexity index is 660. The van der Waals surface area contributed by atoms with E-state index < -0.39 is 6.10 Å². The van der Waals surface area contributed by atoms with Crippen molar-refractivity contribution in [3.63, 3.8) is 0 Å². The maximum absolute atomic E-state index is 10.5. The molecule has 0 aromatic heterocycles. The second-order valence-corrected chi connectivity index (χ2v) is 5.47. The predicted octanol–water partition coefficient (Wildman–Crippen LogP) is 3.32. The Hall–Kier alpha value is -1.90. The molecule has 3 rings (SSSR count). The lowest BCUT2D eigenvalue weighted by molar-refractivity contribution is 0.179. The molecule has 0 heterocycles. The molecule has 2 aromatic rings. The van der Waals surface area contributed by atoms with Crippen molar-refractivity contribution in [2.75, 3.05) is 13.6 Å². The van der Waals surface area contributed by atoms with Gasteiger partial charge in [-0.15, -0.1) is 0 Å². The van der Waals surface area contributed by atoms with Gasteiger partial charge in [0.25, 0.3) is 0 Å². The standard InChI is InChI=1S/C19H21NO/c1-20-12-6-11-16-15-8-3-2-7-14(15)13-19(21)18-10-5-4-9-17(16)18/h2-5,7-11,19-21H,6,12-13H2,1H3/t19-/m1/s1. The number of rotatable bonds is 3. The van der Waals surface area contributed by atoms with E-state index in [2.05, 4.69) is 35.7 Å². The summed E-state index contributed by atoms with van der Waals surface area (Å²) in [5.74, 6) is 0. The molecule has 1 atom stereocenters. The number of aliphatic hydroxyl groups excluding tert-OH is 1. The van der Waals surface area contributed by atoms with Crippen LogP contribution in [-0.2, 0) is 6.42 Å². The van der Waals surface area contributed by atoms with Crippen LogP contribution in [0.5, 0.6) is 0 Å². The van der Waals surface area contributed by atoms with Crippen LogP contribution in [0.15, 0.2) is 54.6 Å². The highest BCUT2D eigenvalue weighted by atomic mass is 16.3. The normalized spacial score (nSPS) is 19.0. The third-order valence-corrected chi connectivity index (χ3v) is 4.07. The summed E-state index contributed by atoms with van der Waals surface area (Å²) in [6, 6.07) is 16.6. The van der Waals surface area contributed by atoms with E-state index in [4.69, 9.17) is 0 Å². The summed E-state index contributed by atoms with van der Waals surface area (Å²) in [5, 5.41) is 13.7. The molecule has 0 saturated heterocycles. The highest BCUT2D eigenvalue weighted by molar-refractivity contribution is 5.84. The first-order valence-corrected chi connectivity index (χ1v) is 7.51. The number of aliphatic hydroxyl groups is 1. The molecule has 0 aliphatic heterocycles. The molecule has 0 saturated carbocycles. The zero-order valence-electron chi connectivity index (χ0n) is 12.3. The van der Waals surface area contributed by atoms with Gasteiger partial charge in [-0.25, -0.2) is 0 Å². The minimum absolute atomic E-state index is 0.433. The van der Waals surface area contributed by atoms with Crippen LogP contribution in [0.2, 0.25) is 0 Å². The minimum atomic E-state index is -0.433. The van der Waals surface area contributed by atoms with Gasteiger partial charge in [-0.3, -0.25) is 0 Å². The topological polar surface area (TPSA) is 32.3 Å². The molecule has 2 heteroatoms. The average molecular weight is 279 g/mol. The fourth-order valence-corrected chi connectivity index (χ4v) is 3.04. The van der Waals surface area contributed by atoms with Crippen LogP contribution >= 0.6 is 0 Å². The Kier molecular flexibility index (Phi) is 4.18. The van der Waals surface area contributed by atoms with Crippen LogP contribution in [0.1, 0.15) is 34.8 Å². The first-order chi connectivity index (χ1) is 10.3. The average Bonchev–Trinajstić information content (AvgIpc) is 2.63. The van der Waals surface area contributed by atoms with Crippen molar-refractivity contribution in [2.24, 2.45) is 0 Å². The molecule has 0 radical (unpaired) electrons. The zero-order valence-corrected chi connectivity index (χ0v) is 12.3. The summed E-state index contributed by atoms with van der Waals surface area (Å²) >= 11 is 0. The molecule has 1 aliphatic rings. The molecule has 0 amide bonds. The number of benzene rings is 2. The van der Waals surface area contributed by atoms with Gasteiger partial charge < -0.3 is 10.4 Å². The van der Waals surface area contributed by atoms with Crippen molar-refractivity contribution in [1.82, 2.24) is 5.32 Å². The molecular weight excluding hydrogens is 258 g/mol. The molecule has 2 N–H and O–H groups in total. The van der Waals surface area contributed by atoms with Crippen LogP contribution in [0.25, 0.3) is 5.57 Å². The first kappa shape index (κ1) is 14.1. The zero-order chi connectivity index (χ0) is 14.7. The van der Waals surface area contributed by atoms with E-state index in [1.54, 1.807) is 0 Å². The molecule has 1 aliphatic carbocycles. The van der Waals surface area contributed by atoms with Gasteiger partial charge in [0.15, 0.2) is 0 Å². The van der Waals surface area contributed by atoms with Crippen molar-refractivity contribution >= 4 is 5.57 Å². The van der Waals surface area contributed by atoms with E-state index in [0.29, 0.717) is 6.42 Å². The maximum Gasteiger partial charge on any atom is 0.0836 e. The first-order valence-electron chi connectivity index (χ1n) is 7.51. The monoisotopic (exact) mass is 279 g/mol. The second-order valence-electron chi connectivity index (χ2n) is 5.47. The Balaban J connectivity index is 2.16. The fraction of sp³-hybridized carbons (Fsp3) is 0.263. The van der Waals surface area contributed by atoms with Gasteiger partial charge in [0.1, 0.15) is 0 Å². The van der Waals surface area contributed by atoms with Gasteiger partial charge in [-0.2, -0.15) is 0 Å². The number of hydrogen-bond acceptors (Lipinski definition) is 2. The molecule has 2 aromatic carbocycles. The van der Waals surface area contributed by atoms with Gasteiger partial charge in [0.05, 0.1) is 6.10 Å². The molecule has 0 unspecified atom stereocenters. The third kappa shape index (κ3) is 2.78. The molecule has 2 nitrogen and oxygen atoms in total. The molecule has 0 fully saturated rings. The quantitative estimate of drug-likeness (QED) is 0.845. The van der Waals surface area contributed by atoms with E-state index in [9.17, 15) is 5.11 Å². The van der Waals surface area contributed by atoms with E-state index in [0.717, 1.165) is 24.1 Å². The number of nitrogens with one attached hydrogen (secondary N) is 1. The van der Waals surface area contributed by atoms with E-state index >= 15 is 0 Å². The van der Waals surface area contributed by atoms with Gasteiger partial charge >= 0.3 is 0 Å². The Morgan fingerprint density at radius 1 is 1.10 bits per heavy atom.